The summed E-state index contributed by atoms with van der Waals surface area (Å²) in [5.74, 6) is -0.657. The van der Waals surface area contributed by atoms with E-state index in [9.17, 15) is 14.4 Å². The fourth-order valence-corrected chi connectivity index (χ4v) is 0.904. The number of rotatable bonds is 5. The van der Waals surface area contributed by atoms with Crippen LogP contribution in [0.5, 0.6) is 0 Å². The number of carbonyl (C=O) groups excluding carboxylic acids is 3. The first-order valence-corrected chi connectivity index (χ1v) is 5.15. The summed E-state index contributed by atoms with van der Waals surface area (Å²) in [7, 11) is 3.59. The number of allylic oxidation sites excluding steroid dienone is 2. The van der Waals surface area contributed by atoms with E-state index < -0.39 is 24.2 Å². The lowest BCUT2D eigenvalue weighted by atomic mass is 10.2. The Morgan fingerprint density at radius 1 is 0.947 bits per heavy atom. The standard InChI is InChI=1S/C11H16N2O6/c1-17-9(14)8(13-11(16)19-3)6-4-5-7-12-10(15)18-2/h4-8H,1-3H3,(H,12,15)(H,13,16)/b6-4+,7-5+. The zero-order valence-corrected chi connectivity index (χ0v) is 10.8. The van der Waals surface area contributed by atoms with Crippen molar-refractivity contribution in [2.24, 2.45) is 0 Å². The van der Waals surface area contributed by atoms with Crippen molar-refractivity contribution in [2.45, 2.75) is 6.04 Å². The topological polar surface area (TPSA) is 103 Å². The highest BCUT2D eigenvalue weighted by Gasteiger charge is 2.18. The van der Waals surface area contributed by atoms with Gasteiger partial charge in [0.05, 0.1) is 21.3 Å². The van der Waals surface area contributed by atoms with Crippen molar-refractivity contribution in [3.8, 4) is 0 Å². The molecule has 0 fully saturated rings. The lowest BCUT2D eigenvalue weighted by Crippen LogP contribution is -2.39. The van der Waals surface area contributed by atoms with Crippen molar-refractivity contribution in [1.29, 1.82) is 0 Å². The Kier molecular flexibility index (Phi) is 8.26. The van der Waals surface area contributed by atoms with Crippen LogP contribution in [0, 0.1) is 0 Å². The molecule has 8 nitrogen and oxygen atoms in total. The predicted molar refractivity (Wildman–Crippen MR) is 65.2 cm³/mol. The molecule has 0 aromatic heterocycles. The van der Waals surface area contributed by atoms with Crippen LogP contribution in [0.25, 0.3) is 0 Å². The van der Waals surface area contributed by atoms with E-state index in [0.717, 1.165) is 0 Å². The molecule has 0 aromatic carbocycles. The summed E-state index contributed by atoms with van der Waals surface area (Å²) >= 11 is 0. The van der Waals surface area contributed by atoms with E-state index in [0.29, 0.717) is 0 Å². The molecular formula is C11H16N2O6. The van der Waals surface area contributed by atoms with E-state index in [2.05, 4.69) is 24.8 Å². The van der Waals surface area contributed by atoms with Gasteiger partial charge in [0.2, 0.25) is 0 Å². The molecule has 8 heteroatoms. The second-order valence-corrected chi connectivity index (χ2v) is 3.02. The third kappa shape index (κ3) is 7.42. The first kappa shape index (κ1) is 16.5. The number of hydrogen-bond donors (Lipinski definition) is 2. The van der Waals surface area contributed by atoms with Crippen LogP contribution in [-0.2, 0) is 19.0 Å². The molecular weight excluding hydrogens is 256 g/mol. The second-order valence-electron chi connectivity index (χ2n) is 3.02. The molecule has 2 N–H and O–H groups in total. The van der Waals surface area contributed by atoms with Crippen molar-refractivity contribution in [2.75, 3.05) is 21.3 Å². The summed E-state index contributed by atoms with van der Waals surface area (Å²) in [6.45, 7) is 0. The first-order valence-electron chi connectivity index (χ1n) is 5.15. The maximum absolute atomic E-state index is 11.3. The number of alkyl carbamates (subject to hydrolysis) is 2. The summed E-state index contributed by atoms with van der Waals surface area (Å²) < 4.78 is 13.2. The zero-order chi connectivity index (χ0) is 14.7. The van der Waals surface area contributed by atoms with Crippen LogP contribution in [0.1, 0.15) is 0 Å². The normalized spacial score (nSPS) is 11.9. The maximum atomic E-state index is 11.3. The molecule has 0 aliphatic rings. The number of methoxy groups -OCH3 is 3. The lowest BCUT2D eigenvalue weighted by molar-refractivity contribution is -0.141. The van der Waals surface area contributed by atoms with Gasteiger partial charge in [-0.1, -0.05) is 12.2 Å². The predicted octanol–water partition coefficient (Wildman–Crippen LogP) is 0.310. The van der Waals surface area contributed by atoms with Gasteiger partial charge in [-0.15, -0.1) is 0 Å². The SMILES string of the molecule is COC(=O)N/C=C/C=C/C(NC(=O)OC)C(=O)OC. The monoisotopic (exact) mass is 272 g/mol. The molecule has 0 radical (unpaired) electrons. The molecule has 0 spiro atoms. The Morgan fingerprint density at radius 2 is 1.58 bits per heavy atom. The van der Waals surface area contributed by atoms with Crippen molar-refractivity contribution in [3.63, 3.8) is 0 Å². The Bertz CT molecular complexity index is 377. The van der Waals surface area contributed by atoms with Crippen LogP contribution in [-0.4, -0.2) is 45.5 Å². The molecule has 0 aliphatic heterocycles. The van der Waals surface area contributed by atoms with E-state index in [4.69, 9.17) is 0 Å². The largest absolute Gasteiger partial charge is 0.467 e. The third-order valence-corrected chi connectivity index (χ3v) is 1.81. The Morgan fingerprint density at radius 3 is 2.11 bits per heavy atom. The number of amides is 2. The maximum Gasteiger partial charge on any atom is 0.410 e. The van der Waals surface area contributed by atoms with Crippen LogP contribution in [0.4, 0.5) is 9.59 Å². The molecule has 0 heterocycles. The van der Waals surface area contributed by atoms with Crippen LogP contribution in [0.15, 0.2) is 24.4 Å². The molecule has 1 atom stereocenters. The summed E-state index contributed by atoms with van der Waals surface area (Å²) in [5.41, 5.74) is 0. The minimum Gasteiger partial charge on any atom is -0.467 e. The Hall–Kier alpha value is -2.51. The molecule has 0 bridgehead atoms. The van der Waals surface area contributed by atoms with Gasteiger partial charge < -0.3 is 19.5 Å². The smallest absolute Gasteiger partial charge is 0.410 e. The number of carbonyl (C=O) groups is 3. The fraction of sp³-hybridized carbons (Fsp3) is 0.364. The van der Waals surface area contributed by atoms with E-state index in [1.54, 1.807) is 0 Å². The van der Waals surface area contributed by atoms with Gasteiger partial charge >= 0.3 is 18.2 Å². The zero-order valence-electron chi connectivity index (χ0n) is 10.8. The molecule has 0 aliphatic carbocycles. The third-order valence-electron chi connectivity index (χ3n) is 1.81. The Labute approximate surface area is 110 Å². The molecule has 1 unspecified atom stereocenters. The van der Waals surface area contributed by atoms with Crippen molar-refractivity contribution >= 4 is 18.2 Å². The van der Waals surface area contributed by atoms with E-state index >= 15 is 0 Å². The fourth-order valence-electron chi connectivity index (χ4n) is 0.904. The van der Waals surface area contributed by atoms with Gasteiger partial charge in [0, 0.05) is 6.20 Å². The molecule has 106 valence electrons. The van der Waals surface area contributed by atoms with Crippen LogP contribution in [0.3, 0.4) is 0 Å². The highest BCUT2D eigenvalue weighted by Crippen LogP contribution is 1.93. The highest BCUT2D eigenvalue weighted by molar-refractivity contribution is 5.83. The second kappa shape index (κ2) is 9.51. The molecule has 0 saturated carbocycles. The number of hydrogen-bond acceptors (Lipinski definition) is 6. The molecule has 2 amide bonds. The molecule has 0 saturated heterocycles. The molecule has 0 rings (SSSR count). The van der Waals surface area contributed by atoms with E-state index in [-0.39, 0.29) is 0 Å². The van der Waals surface area contributed by atoms with Gasteiger partial charge in [-0.2, -0.15) is 0 Å². The molecule has 19 heavy (non-hydrogen) atoms. The summed E-state index contributed by atoms with van der Waals surface area (Å²) in [4.78, 5) is 33.0. The van der Waals surface area contributed by atoms with Crippen molar-refractivity contribution < 1.29 is 28.6 Å². The van der Waals surface area contributed by atoms with Crippen LogP contribution in [0.2, 0.25) is 0 Å². The first-order chi connectivity index (χ1) is 9.04. The van der Waals surface area contributed by atoms with Gasteiger partial charge in [0.15, 0.2) is 0 Å². The van der Waals surface area contributed by atoms with Crippen LogP contribution >= 0.6 is 0 Å². The van der Waals surface area contributed by atoms with Crippen LogP contribution < -0.4 is 10.6 Å². The van der Waals surface area contributed by atoms with Gasteiger partial charge in [-0.25, -0.2) is 14.4 Å². The quantitative estimate of drug-likeness (QED) is 0.424. The summed E-state index contributed by atoms with van der Waals surface area (Å²) in [6, 6.07) is -0.986. The number of nitrogens with one attached hydrogen (secondary N) is 2. The van der Waals surface area contributed by atoms with Gasteiger partial charge in [0.25, 0.3) is 0 Å². The summed E-state index contributed by atoms with van der Waals surface area (Å²) in [6.07, 6.45) is 4.14. The number of ether oxygens (including phenoxy) is 3. The van der Waals surface area contributed by atoms with E-state index in [1.165, 1.54) is 45.8 Å². The minimum absolute atomic E-state index is 0.623. The van der Waals surface area contributed by atoms with Crippen molar-refractivity contribution in [1.82, 2.24) is 10.6 Å². The lowest BCUT2D eigenvalue weighted by Gasteiger charge is -2.11. The van der Waals surface area contributed by atoms with Gasteiger partial charge in [-0.05, 0) is 6.08 Å². The van der Waals surface area contributed by atoms with Crippen molar-refractivity contribution in [3.05, 3.63) is 24.4 Å². The van der Waals surface area contributed by atoms with E-state index in [1.807, 2.05) is 0 Å². The minimum atomic E-state index is -0.986. The Balaban J connectivity index is 4.42. The van der Waals surface area contributed by atoms with Gasteiger partial charge in [0.1, 0.15) is 6.04 Å². The van der Waals surface area contributed by atoms with Gasteiger partial charge in [-0.3, -0.25) is 5.32 Å². The highest BCUT2D eigenvalue weighted by atomic mass is 16.5. The molecule has 0 aromatic rings. The average Bonchev–Trinajstić information content (AvgIpc) is 2.43. The summed E-state index contributed by atoms with van der Waals surface area (Å²) in [5, 5.41) is 4.54. The average molecular weight is 272 g/mol. The number of esters is 1.